The SMILES string of the molecule is O=C(O)C1=CC([N+](=O)[O-])=CCC1. The van der Waals surface area contributed by atoms with Crippen molar-refractivity contribution in [2.45, 2.75) is 12.8 Å². The highest BCUT2D eigenvalue weighted by molar-refractivity contribution is 5.87. The Morgan fingerprint density at radius 2 is 2.33 bits per heavy atom. The van der Waals surface area contributed by atoms with E-state index in [0.29, 0.717) is 12.8 Å². The number of nitrogens with zero attached hydrogens (tertiary/aromatic N) is 1. The van der Waals surface area contributed by atoms with E-state index in [2.05, 4.69) is 0 Å². The number of nitro groups is 1. The lowest BCUT2D eigenvalue weighted by molar-refractivity contribution is -0.419. The van der Waals surface area contributed by atoms with Crippen LogP contribution in [0.15, 0.2) is 23.4 Å². The predicted octanol–water partition coefficient (Wildman–Crippen LogP) is 0.952. The van der Waals surface area contributed by atoms with Crippen molar-refractivity contribution in [2.24, 2.45) is 0 Å². The van der Waals surface area contributed by atoms with Crippen molar-refractivity contribution >= 4 is 5.97 Å². The molecule has 1 aliphatic carbocycles. The summed E-state index contributed by atoms with van der Waals surface area (Å²) in [6, 6.07) is 0. The fraction of sp³-hybridized carbons (Fsp3) is 0.286. The second-order valence-electron chi connectivity index (χ2n) is 2.40. The Kier molecular flexibility index (Phi) is 2.23. The van der Waals surface area contributed by atoms with Crippen LogP contribution in [0.5, 0.6) is 0 Å². The number of allylic oxidation sites excluding steroid dienone is 2. The van der Waals surface area contributed by atoms with E-state index in [1.807, 2.05) is 0 Å². The van der Waals surface area contributed by atoms with Crippen LogP contribution in [0.2, 0.25) is 0 Å². The van der Waals surface area contributed by atoms with Crippen molar-refractivity contribution < 1.29 is 14.8 Å². The third kappa shape index (κ3) is 1.69. The van der Waals surface area contributed by atoms with Gasteiger partial charge in [0.1, 0.15) is 0 Å². The van der Waals surface area contributed by atoms with Crippen molar-refractivity contribution in [3.05, 3.63) is 33.5 Å². The van der Waals surface area contributed by atoms with E-state index in [1.54, 1.807) is 0 Å². The molecule has 0 saturated heterocycles. The molecule has 0 radical (unpaired) electrons. The average molecular weight is 169 g/mol. The van der Waals surface area contributed by atoms with E-state index in [1.165, 1.54) is 6.08 Å². The van der Waals surface area contributed by atoms with Gasteiger partial charge in [-0.2, -0.15) is 0 Å². The monoisotopic (exact) mass is 169 g/mol. The molecule has 5 nitrogen and oxygen atoms in total. The van der Waals surface area contributed by atoms with Crippen molar-refractivity contribution in [3.63, 3.8) is 0 Å². The van der Waals surface area contributed by atoms with Gasteiger partial charge in [0.15, 0.2) is 0 Å². The zero-order chi connectivity index (χ0) is 9.14. The Bertz CT molecular complexity index is 290. The second kappa shape index (κ2) is 3.17. The molecular formula is C7H7NO4. The molecule has 5 heteroatoms. The molecule has 12 heavy (non-hydrogen) atoms. The van der Waals surface area contributed by atoms with Crippen LogP contribution in [-0.2, 0) is 4.79 Å². The maximum absolute atomic E-state index is 10.4. The largest absolute Gasteiger partial charge is 0.478 e. The summed E-state index contributed by atoms with van der Waals surface area (Å²) in [5.41, 5.74) is -0.0251. The molecule has 0 unspecified atom stereocenters. The summed E-state index contributed by atoms with van der Waals surface area (Å²) >= 11 is 0. The third-order valence-corrected chi connectivity index (χ3v) is 1.57. The average Bonchev–Trinajstić information content (AvgIpc) is 2.04. The van der Waals surface area contributed by atoms with E-state index < -0.39 is 10.9 Å². The third-order valence-electron chi connectivity index (χ3n) is 1.57. The Balaban J connectivity index is 2.88. The van der Waals surface area contributed by atoms with Gasteiger partial charge in [-0.15, -0.1) is 0 Å². The van der Waals surface area contributed by atoms with Gasteiger partial charge in [0.2, 0.25) is 0 Å². The van der Waals surface area contributed by atoms with Crippen LogP contribution in [0, 0.1) is 10.1 Å². The van der Waals surface area contributed by atoms with Gasteiger partial charge in [-0.3, -0.25) is 10.1 Å². The number of aliphatic carboxylic acids is 1. The summed E-state index contributed by atoms with van der Waals surface area (Å²) < 4.78 is 0. The highest BCUT2D eigenvalue weighted by Gasteiger charge is 2.17. The molecule has 0 aromatic heterocycles. The van der Waals surface area contributed by atoms with Gasteiger partial charge in [-0.25, -0.2) is 4.79 Å². The molecule has 0 atom stereocenters. The van der Waals surface area contributed by atoms with Gasteiger partial charge in [0, 0.05) is 11.6 Å². The summed E-state index contributed by atoms with van der Waals surface area (Å²) in [5, 5.41) is 18.7. The minimum Gasteiger partial charge on any atom is -0.478 e. The molecule has 1 N–H and O–H groups in total. The van der Waals surface area contributed by atoms with Crippen LogP contribution in [0.1, 0.15) is 12.8 Å². The van der Waals surface area contributed by atoms with E-state index in [9.17, 15) is 14.9 Å². The first-order chi connectivity index (χ1) is 5.61. The zero-order valence-electron chi connectivity index (χ0n) is 6.19. The van der Waals surface area contributed by atoms with Gasteiger partial charge in [-0.05, 0) is 18.9 Å². The van der Waals surface area contributed by atoms with Gasteiger partial charge in [0.25, 0.3) is 5.70 Å². The maximum Gasteiger partial charge on any atom is 0.331 e. The number of rotatable bonds is 2. The highest BCUT2D eigenvalue weighted by atomic mass is 16.6. The van der Waals surface area contributed by atoms with Crippen LogP contribution in [-0.4, -0.2) is 16.0 Å². The lowest BCUT2D eigenvalue weighted by atomic mass is 10.0. The smallest absolute Gasteiger partial charge is 0.331 e. The van der Waals surface area contributed by atoms with E-state index >= 15 is 0 Å². The molecule has 0 aromatic rings. The lowest BCUT2D eigenvalue weighted by Crippen LogP contribution is -2.07. The molecule has 0 fully saturated rings. The maximum atomic E-state index is 10.4. The first kappa shape index (κ1) is 8.45. The molecule has 0 saturated carbocycles. The quantitative estimate of drug-likeness (QED) is 0.493. The second-order valence-corrected chi connectivity index (χ2v) is 2.40. The van der Waals surface area contributed by atoms with Crippen molar-refractivity contribution in [3.8, 4) is 0 Å². The summed E-state index contributed by atoms with van der Waals surface area (Å²) in [6.45, 7) is 0. The number of carbonyl (C=O) groups is 1. The molecule has 1 aliphatic rings. The number of hydrogen-bond acceptors (Lipinski definition) is 3. The molecule has 0 amide bonds. The Morgan fingerprint density at radius 1 is 1.67 bits per heavy atom. The van der Waals surface area contributed by atoms with E-state index in [0.717, 1.165) is 6.08 Å². The fourth-order valence-corrected chi connectivity index (χ4v) is 0.981. The summed E-state index contributed by atoms with van der Waals surface area (Å²) in [4.78, 5) is 20.0. The lowest BCUT2D eigenvalue weighted by Gasteiger charge is -2.03. The molecule has 0 bridgehead atoms. The van der Waals surface area contributed by atoms with Gasteiger partial charge >= 0.3 is 5.97 Å². The van der Waals surface area contributed by atoms with Crippen LogP contribution < -0.4 is 0 Å². The minimum absolute atomic E-state index is 0.101. The van der Waals surface area contributed by atoms with Crippen molar-refractivity contribution in [2.75, 3.05) is 0 Å². The number of carboxylic acids is 1. The van der Waals surface area contributed by atoms with Gasteiger partial charge < -0.3 is 5.11 Å². The molecule has 0 aromatic carbocycles. The topological polar surface area (TPSA) is 80.4 Å². The molecule has 0 spiro atoms. The summed E-state index contributed by atoms with van der Waals surface area (Å²) in [6.07, 6.45) is 3.32. The summed E-state index contributed by atoms with van der Waals surface area (Å²) in [7, 11) is 0. The van der Waals surface area contributed by atoms with Crippen molar-refractivity contribution in [1.82, 2.24) is 0 Å². The minimum atomic E-state index is -1.08. The first-order valence-electron chi connectivity index (χ1n) is 3.39. The van der Waals surface area contributed by atoms with E-state index in [4.69, 9.17) is 5.11 Å². The standard InChI is InChI=1S/C7H7NO4/c9-7(10)5-2-1-3-6(4-5)8(11)12/h3-4H,1-2H2,(H,9,10). The van der Waals surface area contributed by atoms with Crippen LogP contribution in [0.4, 0.5) is 0 Å². The molecule has 1 rings (SSSR count). The summed E-state index contributed by atoms with van der Waals surface area (Å²) in [5.74, 6) is -1.08. The van der Waals surface area contributed by atoms with Gasteiger partial charge in [-0.1, -0.05) is 0 Å². The zero-order valence-corrected chi connectivity index (χ0v) is 6.19. The Labute approximate surface area is 68.2 Å². The van der Waals surface area contributed by atoms with Crippen LogP contribution in [0.25, 0.3) is 0 Å². The Morgan fingerprint density at radius 3 is 2.83 bits per heavy atom. The van der Waals surface area contributed by atoms with Crippen LogP contribution >= 0.6 is 0 Å². The molecule has 64 valence electrons. The fourth-order valence-electron chi connectivity index (χ4n) is 0.981. The Hall–Kier alpha value is -1.65. The molecular weight excluding hydrogens is 162 g/mol. The van der Waals surface area contributed by atoms with Crippen LogP contribution in [0.3, 0.4) is 0 Å². The number of carboxylic acid groups (broad SMARTS) is 1. The normalized spacial score (nSPS) is 16.3. The molecule has 0 aliphatic heterocycles. The molecule has 0 heterocycles. The van der Waals surface area contributed by atoms with E-state index in [-0.39, 0.29) is 11.3 Å². The number of hydrogen-bond donors (Lipinski definition) is 1. The van der Waals surface area contributed by atoms with Crippen molar-refractivity contribution in [1.29, 1.82) is 0 Å². The predicted molar refractivity (Wildman–Crippen MR) is 40.0 cm³/mol. The first-order valence-corrected chi connectivity index (χ1v) is 3.39. The van der Waals surface area contributed by atoms with Gasteiger partial charge in [0.05, 0.1) is 4.92 Å². The highest BCUT2D eigenvalue weighted by Crippen LogP contribution is 2.17.